The van der Waals surface area contributed by atoms with Crippen molar-refractivity contribution in [1.82, 2.24) is 24.3 Å². The molecule has 1 saturated heterocycles. The third-order valence-corrected chi connectivity index (χ3v) is 7.97. The number of hydrogen-bond acceptors (Lipinski definition) is 3. The van der Waals surface area contributed by atoms with E-state index in [-0.39, 0.29) is 17.4 Å². The largest absolute Gasteiger partial charge is 0.553 e. The average molecular weight is 584 g/mol. The second kappa shape index (κ2) is 10.7. The van der Waals surface area contributed by atoms with Crippen molar-refractivity contribution in [2.45, 2.75) is 19.3 Å². The molecule has 1 radical (unpaired) electrons. The van der Waals surface area contributed by atoms with Crippen LogP contribution in [0.15, 0.2) is 78.6 Å². The molecule has 2 aromatic heterocycles. The first-order chi connectivity index (χ1) is 20.5. The van der Waals surface area contributed by atoms with Crippen LogP contribution in [-0.4, -0.2) is 67.1 Å². The summed E-state index contributed by atoms with van der Waals surface area (Å²) >= 11 is 5.66. The fourth-order valence-electron chi connectivity index (χ4n) is 5.75. The van der Waals surface area contributed by atoms with E-state index in [9.17, 15) is 13.6 Å². The molecule has 0 bridgehead atoms. The summed E-state index contributed by atoms with van der Waals surface area (Å²) in [5, 5.41) is 11.3. The molecule has 0 spiro atoms. The lowest BCUT2D eigenvalue weighted by Gasteiger charge is -2.27. The third kappa shape index (κ3) is 4.63. The number of hydrogen-bond donors (Lipinski definition) is 1. The number of anilines is 1. The van der Waals surface area contributed by atoms with Gasteiger partial charge < -0.3 is 9.79 Å². The lowest BCUT2D eigenvalue weighted by molar-refractivity contribution is -0.539. The minimum Gasteiger partial charge on any atom is -0.329 e. The van der Waals surface area contributed by atoms with Gasteiger partial charge in [-0.2, -0.15) is 0 Å². The number of benzene rings is 2. The SMILES string of the molecule is O=C(CCl)Nc1ccc(C2=C3C=CC(=[N+]4CCCCC4)N3[B]n3c2ccc3-n2cc(-c3ccc(F)cc3F)nn2)cc1. The van der Waals surface area contributed by atoms with Crippen LogP contribution in [0.4, 0.5) is 14.5 Å². The highest BCUT2D eigenvalue weighted by Crippen LogP contribution is 2.37. The van der Waals surface area contributed by atoms with Crippen molar-refractivity contribution in [1.29, 1.82) is 0 Å². The normalized spacial score (nSPS) is 16.0. The summed E-state index contributed by atoms with van der Waals surface area (Å²) in [6.45, 7) is 1.98. The lowest BCUT2D eigenvalue weighted by atomic mass is 9.91. The first-order valence-corrected chi connectivity index (χ1v) is 14.3. The number of fused-ring (bicyclic) bond motifs is 2. The number of halogens is 3. The number of nitrogens with zero attached hydrogens (tertiary/aromatic N) is 6. The maximum atomic E-state index is 14.5. The van der Waals surface area contributed by atoms with Crippen LogP contribution in [-0.2, 0) is 4.79 Å². The maximum Gasteiger partial charge on any atom is 0.553 e. The van der Waals surface area contributed by atoms with E-state index in [2.05, 4.69) is 37.2 Å². The Kier molecular flexibility index (Phi) is 6.74. The van der Waals surface area contributed by atoms with E-state index in [4.69, 9.17) is 11.6 Å². The number of amides is 1. The number of allylic oxidation sites excluding steroid dienone is 1. The molecule has 1 N–H and O–H groups in total. The highest BCUT2D eigenvalue weighted by atomic mass is 35.5. The van der Waals surface area contributed by atoms with Crippen molar-refractivity contribution in [3.8, 4) is 17.1 Å². The molecule has 42 heavy (non-hydrogen) atoms. The van der Waals surface area contributed by atoms with Crippen molar-refractivity contribution in [2.24, 2.45) is 0 Å². The Labute approximate surface area is 246 Å². The van der Waals surface area contributed by atoms with Crippen LogP contribution in [0, 0.1) is 11.6 Å². The molecule has 209 valence electrons. The third-order valence-electron chi connectivity index (χ3n) is 7.73. The molecule has 0 atom stereocenters. The summed E-state index contributed by atoms with van der Waals surface area (Å²) in [5.41, 5.74) is 5.08. The van der Waals surface area contributed by atoms with E-state index in [1.165, 1.54) is 18.6 Å². The van der Waals surface area contributed by atoms with Crippen LogP contribution in [0.2, 0.25) is 0 Å². The molecular weight excluding hydrogens is 559 g/mol. The van der Waals surface area contributed by atoms with Crippen molar-refractivity contribution >= 4 is 42.2 Å². The van der Waals surface area contributed by atoms with Crippen LogP contribution >= 0.6 is 11.6 Å². The number of alkyl halides is 1. The minimum absolute atomic E-state index is 0.115. The summed E-state index contributed by atoms with van der Waals surface area (Å²) < 4.78 is 34.0. The molecule has 8 nitrogen and oxygen atoms in total. The van der Waals surface area contributed by atoms with Crippen molar-refractivity contribution in [2.75, 3.05) is 24.3 Å². The summed E-state index contributed by atoms with van der Waals surface area (Å²) in [4.78, 5) is 14.0. The Bertz CT molecular complexity index is 1800. The van der Waals surface area contributed by atoms with E-state index in [1.807, 2.05) is 48.4 Å². The lowest BCUT2D eigenvalue weighted by Crippen LogP contribution is -2.43. The van der Waals surface area contributed by atoms with Gasteiger partial charge in [-0.05, 0) is 67.3 Å². The Hall–Kier alpha value is -4.51. The number of carbonyl (C=O) groups excluding carboxylic acids is 1. The summed E-state index contributed by atoms with van der Waals surface area (Å²) in [6, 6.07) is 15.0. The fraction of sp³-hybridized carbons (Fsp3) is 0.200. The van der Waals surface area contributed by atoms with Gasteiger partial charge in [0.15, 0.2) is 0 Å². The highest BCUT2D eigenvalue weighted by Gasteiger charge is 2.40. The minimum atomic E-state index is -0.699. The quantitative estimate of drug-likeness (QED) is 0.208. The summed E-state index contributed by atoms with van der Waals surface area (Å²) in [7, 11) is 2.04. The van der Waals surface area contributed by atoms with E-state index >= 15 is 0 Å². The van der Waals surface area contributed by atoms with Gasteiger partial charge in [0.25, 0.3) is 5.84 Å². The van der Waals surface area contributed by atoms with Crippen LogP contribution in [0.5, 0.6) is 0 Å². The van der Waals surface area contributed by atoms with E-state index < -0.39 is 11.6 Å². The molecule has 1 fully saturated rings. The maximum absolute atomic E-state index is 14.5. The van der Waals surface area contributed by atoms with Crippen molar-refractivity contribution in [3.05, 3.63) is 102 Å². The van der Waals surface area contributed by atoms with Gasteiger partial charge in [-0.25, -0.2) is 13.5 Å². The fourth-order valence-corrected chi connectivity index (χ4v) is 5.81. The first-order valence-electron chi connectivity index (χ1n) is 13.7. The molecule has 5 heterocycles. The predicted molar refractivity (Wildman–Crippen MR) is 157 cm³/mol. The molecule has 0 saturated carbocycles. The molecule has 3 aliphatic rings. The number of carbonyl (C=O) groups is 1. The highest BCUT2D eigenvalue weighted by molar-refractivity contribution is 6.40. The zero-order chi connectivity index (χ0) is 28.8. The molecule has 0 unspecified atom stereocenters. The topological polar surface area (TPSA) is 71.0 Å². The van der Waals surface area contributed by atoms with Gasteiger partial charge in [-0.3, -0.25) is 14.2 Å². The Morgan fingerprint density at radius 3 is 2.60 bits per heavy atom. The number of rotatable bonds is 5. The van der Waals surface area contributed by atoms with Gasteiger partial charge in [0.2, 0.25) is 5.91 Å². The molecular formula is C30H25BClF2N7O+. The molecule has 7 rings (SSSR count). The van der Waals surface area contributed by atoms with E-state index in [1.54, 1.807) is 10.9 Å². The predicted octanol–water partition coefficient (Wildman–Crippen LogP) is 4.81. The standard InChI is InChI=1S/C30H24BClF2N7O/c32-17-27(42)35-21-7-4-19(5-8-21)30-25-10-12-28(38-14-2-1-3-15-38)40(25)31-41-26(30)11-13-29(41)39-18-24(36-37-39)22-9-6-20(33)16-23(22)34/h4-13,16,18H,1-3,14-15,17H2/p+1. The summed E-state index contributed by atoms with van der Waals surface area (Å²) in [6.07, 6.45) is 9.45. The van der Waals surface area contributed by atoms with Gasteiger partial charge in [-0.1, -0.05) is 17.3 Å². The van der Waals surface area contributed by atoms with E-state index in [0.717, 1.165) is 60.4 Å². The zero-order valence-corrected chi connectivity index (χ0v) is 23.2. The monoisotopic (exact) mass is 583 g/mol. The van der Waals surface area contributed by atoms with Crippen molar-refractivity contribution < 1.29 is 18.2 Å². The van der Waals surface area contributed by atoms with Gasteiger partial charge in [0.05, 0.1) is 19.3 Å². The van der Waals surface area contributed by atoms with E-state index in [0.29, 0.717) is 17.2 Å². The van der Waals surface area contributed by atoms with Crippen LogP contribution in [0.3, 0.4) is 0 Å². The molecule has 12 heteroatoms. The van der Waals surface area contributed by atoms with Gasteiger partial charge in [0, 0.05) is 34.7 Å². The van der Waals surface area contributed by atoms with Crippen molar-refractivity contribution in [3.63, 3.8) is 0 Å². The number of amidine groups is 1. The molecule has 3 aliphatic heterocycles. The Balaban J connectivity index is 1.32. The Morgan fingerprint density at radius 2 is 1.83 bits per heavy atom. The zero-order valence-electron chi connectivity index (χ0n) is 22.5. The molecule has 1 amide bonds. The second-order valence-electron chi connectivity index (χ2n) is 10.4. The smallest absolute Gasteiger partial charge is 0.329 e. The second-order valence-corrected chi connectivity index (χ2v) is 10.6. The summed E-state index contributed by atoms with van der Waals surface area (Å²) in [5.74, 6) is 0.0785. The van der Waals surface area contributed by atoms with Gasteiger partial charge >= 0.3 is 7.55 Å². The molecule has 2 aromatic carbocycles. The molecule has 0 aliphatic carbocycles. The number of nitrogens with one attached hydrogen (secondary N) is 1. The van der Waals surface area contributed by atoms with Crippen LogP contribution < -0.4 is 5.32 Å². The van der Waals surface area contributed by atoms with Crippen LogP contribution in [0.1, 0.15) is 30.5 Å². The number of aromatic nitrogens is 4. The van der Waals surface area contributed by atoms with Crippen LogP contribution in [0.25, 0.3) is 22.6 Å². The number of piperidine rings is 1. The average Bonchev–Trinajstić information content (AvgIpc) is 3.75. The van der Waals surface area contributed by atoms with Gasteiger partial charge in [0.1, 0.15) is 34.7 Å². The van der Waals surface area contributed by atoms with Gasteiger partial charge in [-0.15, -0.1) is 16.7 Å². The first kappa shape index (κ1) is 26.4. The molecule has 4 aromatic rings. The Morgan fingerprint density at radius 1 is 1.02 bits per heavy atom.